The van der Waals surface area contributed by atoms with Gasteiger partial charge in [0.05, 0.1) is 0 Å². The van der Waals surface area contributed by atoms with E-state index in [4.69, 9.17) is 0 Å². The summed E-state index contributed by atoms with van der Waals surface area (Å²) in [4.78, 5) is 0. The van der Waals surface area contributed by atoms with Crippen molar-refractivity contribution in [1.82, 2.24) is 0 Å². The first-order valence-electron chi connectivity index (χ1n) is 0.642. The molecular formula is Br2O3V. The van der Waals surface area contributed by atoms with Crippen molar-refractivity contribution in [1.29, 1.82) is 0 Å². The largest absolute Gasteiger partial charge is 0.146 e. The van der Waals surface area contributed by atoms with Crippen LogP contribution >= 0.6 is 32.5 Å². The van der Waals surface area contributed by atoms with Gasteiger partial charge in [0.15, 0.2) is 0 Å². The molecule has 0 aliphatic rings. The molecule has 0 bridgehead atoms. The number of rotatable bonds is 2. The van der Waals surface area contributed by atoms with Crippen LogP contribution in [0.3, 0.4) is 0 Å². The van der Waals surface area contributed by atoms with Crippen molar-refractivity contribution in [2.45, 2.75) is 0 Å². The molecule has 0 heterocycles. The number of hydrogen-bond acceptors (Lipinski definition) is 3. The van der Waals surface area contributed by atoms with Gasteiger partial charge in [-0.25, -0.2) is 0 Å². The maximum atomic E-state index is 3.73. The van der Waals surface area contributed by atoms with Crippen molar-refractivity contribution < 1.29 is 31.6 Å². The fourth-order valence-electron chi connectivity index (χ4n) is 0.00972. The summed E-state index contributed by atoms with van der Waals surface area (Å²) in [5.74, 6) is 0. The standard InChI is InChI=1S/Br2O3.V/c1-3-5-4-2;. The predicted octanol–water partition coefficient (Wildman–Crippen LogP) is 1.48. The molecule has 0 spiro atoms. The Morgan fingerprint density at radius 2 is 1.33 bits per heavy atom. The molecule has 0 saturated heterocycles. The van der Waals surface area contributed by atoms with Crippen LogP contribution in [0.1, 0.15) is 0 Å². The maximum Gasteiger partial charge on any atom is 0.146 e. The third-order valence-corrected chi connectivity index (χ3v) is 0.267. The molecule has 0 N–H and O–H groups in total. The van der Waals surface area contributed by atoms with Gasteiger partial charge in [-0.3, -0.25) is 0 Å². The van der Waals surface area contributed by atoms with Gasteiger partial charge in [0, 0.05) is 18.6 Å². The average Bonchev–Trinajstić information content (AvgIpc) is 1.41. The van der Waals surface area contributed by atoms with Gasteiger partial charge in [0.25, 0.3) is 0 Å². The van der Waals surface area contributed by atoms with Crippen LogP contribution in [0.4, 0.5) is 0 Å². The summed E-state index contributed by atoms with van der Waals surface area (Å²) in [7, 11) is 0. The Kier molecular flexibility index (Phi) is 16.8. The topological polar surface area (TPSA) is 27.7 Å². The molecule has 0 aromatic heterocycles. The molecule has 0 fully saturated rings. The molecule has 0 saturated carbocycles. The Labute approximate surface area is 64.0 Å². The first-order chi connectivity index (χ1) is 2.41. The van der Waals surface area contributed by atoms with Crippen LogP contribution in [-0.2, 0) is 31.6 Å². The number of halogens is 2. The third kappa shape index (κ3) is 9.06. The van der Waals surface area contributed by atoms with Crippen LogP contribution in [0, 0.1) is 0 Å². The molecule has 1 radical (unpaired) electrons. The first-order valence-corrected chi connectivity index (χ1v) is 1.94. The van der Waals surface area contributed by atoms with Crippen molar-refractivity contribution in [3.63, 3.8) is 0 Å². The van der Waals surface area contributed by atoms with Crippen molar-refractivity contribution in [2.24, 2.45) is 0 Å². The zero-order chi connectivity index (χ0) is 4.12. The minimum atomic E-state index is 0. The molecule has 6 heteroatoms. The smallest absolute Gasteiger partial charge is 0.124 e. The zero-order valence-electron chi connectivity index (χ0n) is 2.43. The summed E-state index contributed by atoms with van der Waals surface area (Å²) >= 11 is 4.86. The summed E-state index contributed by atoms with van der Waals surface area (Å²) in [5.41, 5.74) is 0. The second-order valence-electron chi connectivity index (χ2n) is 0.194. The van der Waals surface area contributed by atoms with Crippen LogP contribution in [0.2, 0.25) is 0 Å². The minimum absolute atomic E-state index is 0. The predicted molar refractivity (Wildman–Crippen MR) is 21.1 cm³/mol. The Balaban J connectivity index is 0. The molecule has 0 aromatic carbocycles. The Hall–Kier alpha value is 1.42. The summed E-state index contributed by atoms with van der Waals surface area (Å²) in [6.07, 6.45) is 0. The summed E-state index contributed by atoms with van der Waals surface area (Å²) in [5, 5.41) is 3.67. The van der Waals surface area contributed by atoms with Crippen molar-refractivity contribution in [3.05, 3.63) is 0 Å². The van der Waals surface area contributed by atoms with Gasteiger partial charge in [0.2, 0.25) is 0 Å². The van der Waals surface area contributed by atoms with E-state index in [2.05, 4.69) is 45.5 Å². The molecule has 0 aliphatic carbocycles. The van der Waals surface area contributed by atoms with Gasteiger partial charge in [-0.1, -0.05) is 0 Å². The van der Waals surface area contributed by atoms with Gasteiger partial charge in [-0.2, -0.15) is 0 Å². The second kappa shape index (κ2) is 9.66. The monoisotopic (exact) mass is 257 g/mol. The van der Waals surface area contributed by atoms with Gasteiger partial charge in [0.1, 0.15) is 32.5 Å². The average molecular weight is 259 g/mol. The third-order valence-electron chi connectivity index (χ3n) is 0.0514. The van der Waals surface area contributed by atoms with Crippen molar-refractivity contribution in [2.75, 3.05) is 0 Å². The van der Waals surface area contributed by atoms with Crippen molar-refractivity contribution >= 4 is 32.5 Å². The van der Waals surface area contributed by atoms with Gasteiger partial charge >= 0.3 is 0 Å². The molecule has 0 atom stereocenters. The van der Waals surface area contributed by atoms with E-state index in [1.165, 1.54) is 0 Å². The van der Waals surface area contributed by atoms with E-state index in [0.29, 0.717) is 0 Å². The number of hydrogen-bond donors (Lipinski definition) is 0. The van der Waals surface area contributed by atoms with E-state index in [9.17, 15) is 0 Å². The van der Waals surface area contributed by atoms with E-state index in [1.807, 2.05) is 0 Å². The van der Waals surface area contributed by atoms with E-state index in [1.54, 1.807) is 0 Å². The zero-order valence-corrected chi connectivity index (χ0v) is 7.00. The fourth-order valence-corrected chi connectivity index (χ4v) is 0.262. The minimum Gasteiger partial charge on any atom is -0.124 e. The molecule has 0 aliphatic heterocycles. The van der Waals surface area contributed by atoms with Gasteiger partial charge in [-0.05, 0) is 5.04 Å². The molecule has 0 rings (SSSR count). The second-order valence-corrected chi connectivity index (χ2v) is 0.723. The fraction of sp³-hybridized carbons (Fsp3) is 0. The Morgan fingerprint density at radius 1 is 1.00 bits per heavy atom. The van der Waals surface area contributed by atoms with Gasteiger partial charge in [-0.15, -0.1) is 7.96 Å². The van der Waals surface area contributed by atoms with E-state index in [-0.39, 0.29) is 18.6 Å². The quantitative estimate of drug-likeness (QED) is 0.555. The van der Waals surface area contributed by atoms with Crippen LogP contribution in [0.25, 0.3) is 0 Å². The molecule has 6 heavy (non-hydrogen) atoms. The molecule has 0 amide bonds. The van der Waals surface area contributed by atoms with E-state index >= 15 is 0 Å². The van der Waals surface area contributed by atoms with Crippen LogP contribution in [0.5, 0.6) is 0 Å². The van der Waals surface area contributed by atoms with Crippen molar-refractivity contribution in [3.8, 4) is 0 Å². The Bertz CT molecular complexity index is 16.3. The van der Waals surface area contributed by atoms with Crippen LogP contribution in [0.15, 0.2) is 0 Å². The molecular weight excluding hydrogens is 259 g/mol. The van der Waals surface area contributed by atoms with Crippen LogP contribution < -0.4 is 0 Å². The molecule has 0 unspecified atom stereocenters. The van der Waals surface area contributed by atoms with E-state index in [0.717, 1.165) is 0 Å². The summed E-state index contributed by atoms with van der Waals surface area (Å²) in [6.45, 7) is 0. The molecule has 3 nitrogen and oxygen atoms in total. The van der Waals surface area contributed by atoms with E-state index < -0.39 is 0 Å². The molecule has 37 valence electrons. The Morgan fingerprint density at radius 3 is 1.33 bits per heavy atom. The first kappa shape index (κ1) is 10.4. The summed E-state index contributed by atoms with van der Waals surface area (Å²) < 4.78 is 7.47. The van der Waals surface area contributed by atoms with Gasteiger partial charge < -0.3 is 0 Å². The summed E-state index contributed by atoms with van der Waals surface area (Å²) in [6, 6.07) is 0. The maximum absolute atomic E-state index is 3.73. The SMILES string of the molecule is BrOOOBr.[V]. The van der Waals surface area contributed by atoms with Crippen LogP contribution in [-0.4, -0.2) is 0 Å². The molecule has 0 aromatic rings. The normalized spacial score (nSPS) is 7.00.